The number of hydrogen-bond acceptors (Lipinski definition) is 3. The van der Waals surface area contributed by atoms with Gasteiger partial charge < -0.3 is 5.32 Å². The molecule has 0 aliphatic heterocycles. The Morgan fingerprint density at radius 1 is 1.21 bits per heavy atom. The van der Waals surface area contributed by atoms with Crippen molar-refractivity contribution in [3.8, 4) is 0 Å². The van der Waals surface area contributed by atoms with Gasteiger partial charge in [-0.25, -0.2) is 4.98 Å². The van der Waals surface area contributed by atoms with Gasteiger partial charge in [0.05, 0.1) is 0 Å². The van der Waals surface area contributed by atoms with E-state index in [1.165, 1.54) is 38.5 Å². The summed E-state index contributed by atoms with van der Waals surface area (Å²) in [5, 5.41) is 9.94. The lowest BCUT2D eigenvalue weighted by atomic mass is 9.98. The summed E-state index contributed by atoms with van der Waals surface area (Å²) in [6, 6.07) is 0. The molecule has 5 heteroatoms. The van der Waals surface area contributed by atoms with Gasteiger partial charge in [-0.3, -0.25) is 9.89 Å². The van der Waals surface area contributed by atoms with Gasteiger partial charge in [-0.2, -0.15) is 0 Å². The van der Waals surface area contributed by atoms with Crippen molar-refractivity contribution in [2.75, 3.05) is 6.54 Å². The number of H-pyrrole nitrogens is 1. The highest BCUT2D eigenvalue weighted by atomic mass is 16.2. The van der Waals surface area contributed by atoms with Crippen LogP contribution >= 0.6 is 0 Å². The molecule has 0 unspecified atom stereocenters. The molecule has 0 aromatic carbocycles. The van der Waals surface area contributed by atoms with Gasteiger partial charge in [0.1, 0.15) is 5.82 Å². The molecule has 0 spiro atoms. The lowest BCUT2D eigenvalue weighted by Gasteiger charge is -2.15. The number of nitrogens with one attached hydrogen (secondary N) is 2. The first-order valence-corrected chi connectivity index (χ1v) is 7.52. The van der Waals surface area contributed by atoms with E-state index in [4.69, 9.17) is 0 Å². The molecule has 2 N–H and O–H groups in total. The summed E-state index contributed by atoms with van der Waals surface area (Å²) in [5.41, 5.74) is 0. The van der Waals surface area contributed by atoms with Gasteiger partial charge in [0.2, 0.25) is 5.82 Å². The molecule has 0 saturated heterocycles. The molecule has 1 heterocycles. The second kappa shape index (κ2) is 4.32. The molecule has 5 nitrogen and oxygen atoms in total. The molecule has 0 atom stereocenters. The molecular formula is C14H20N4O. The Labute approximate surface area is 112 Å². The average molecular weight is 260 g/mol. The lowest BCUT2D eigenvalue weighted by Crippen LogP contribution is -2.31. The molecule has 3 fully saturated rings. The van der Waals surface area contributed by atoms with Crippen molar-refractivity contribution >= 4 is 5.91 Å². The van der Waals surface area contributed by atoms with Gasteiger partial charge >= 0.3 is 0 Å². The molecule has 102 valence electrons. The van der Waals surface area contributed by atoms with E-state index in [0.717, 1.165) is 24.2 Å². The van der Waals surface area contributed by atoms with Crippen LogP contribution in [0.1, 0.15) is 60.9 Å². The number of nitrogens with zero attached hydrogens (tertiary/aromatic N) is 2. The summed E-state index contributed by atoms with van der Waals surface area (Å²) >= 11 is 0. The Hall–Kier alpha value is -1.39. The molecule has 4 rings (SSSR count). The van der Waals surface area contributed by atoms with Crippen LogP contribution < -0.4 is 5.32 Å². The minimum Gasteiger partial charge on any atom is -0.349 e. The smallest absolute Gasteiger partial charge is 0.290 e. The van der Waals surface area contributed by atoms with E-state index in [2.05, 4.69) is 20.5 Å². The van der Waals surface area contributed by atoms with Crippen LogP contribution in [-0.2, 0) is 0 Å². The normalized spacial score (nSPS) is 22.8. The molecule has 1 aromatic heterocycles. The monoisotopic (exact) mass is 260 g/mol. The molecule has 1 amide bonds. The van der Waals surface area contributed by atoms with E-state index in [1.54, 1.807) is 0 Å². The summed E-state index contributed by atoms with van der Waals surface area (Å²) in [6.45, 7) is 0.807. The van der Waals surface area contributed by atoms with Gasteiger partial charge in [-0.15, -0.1) is 5.10 Å². The van der Waals surface area contributed by atoms with Gasteiger partial charge in [0.25, 0.3) is 5.91 Å². The third-order valence-corrected chi connectivity index (χ3v) is 4.62. The van der Waals surface area contributed by atoms with Gasteiger partial charge in [0, 0.05) is 12.5 Å². The number of carbonyl (C=O) groups excluding carboxylic acids is 1. The highest BCUT2D eigenvalue weighted by Gasteiger charge is 2.41. The average Bonchev–Trinajstić information content (AvgIpc) is 3.22. The summed E-state index contributed by atoms with van der Waals surface area (Å²) in [4.78, 5) is 16.3. The molecule has 19 heavy (non-hydrogen) atoms. The standard InChI is InChI=1S/C14H20N4O/c19-14(13-16-12(17-18-13)10-5-6-10)15-7-11(8-1-2-8)9-3-4-9/h8-11H,1-7H2,(H,15,19)(H,16,17,18). The number of hydrogen-bond donors (Lipinski definition) is 2. The van der Waals surface area contributed by atoms with Crippen LogP contribution in [-0.4, -0.2) is 27.6 Å². The van der Waals surface area contributed by atoms with Gasteiger partial charge in [-0.05, 0) is 56.3 Å². The number of carbonyl (C=O) groups is 1. The molecule has 0 radical (unpaired) electrons. The second-order valence-corrected chi connectivity index (χ2v) is 6.37. The van der Waals surface area contributed by atoms with Crippen LogP contribution in [0.25, 0.3) is 0 Å². The summed E-state index contributed by atoms with van der Waals surface area (Å²) in [7, 11) is 0. The number of rotatable bonds is 6. The molecule has 3 aliphatic rings. The quantitative estimate of drug-likeness (QED) is 0.820. The zero-order chi connectivity index (χ0) is 12.8. The molecule has 3 saturated carbocycles. The van der Waals surface area contributed by atoms with Gasteiger partial charge in [-0.1, -0.05) is 0 Å². The Kier molecular flexibility index (Phi) is 2.60. The Bertz CT molecular complexity index is 473. The Balaban J connectivity index is 1.34. The molecule has 0 bridgehead atoms. The fourth-order valence-electron chi connectivity index (χ4n) is 2.97. The van der Waals surface area contributed by atoms with E-state index in [9.17, 15) is 4.79 Å². The van der Waals surface area contributed by atoms with E-state index < -0.39 is 0 Å². The fourth-order valence-corrected chi connectivity index (χ4v) is 2.97. The largest absolute Gasteiger partial charge is 0.349 e. The van der Waals surface area contributed by atoms with Crippen molar-refractivity contribution in [1.29, 1.82) is 0 Å². The van der Waals surface area contributed by atoms with Crippen molar-refractivity contribution in [2.45, 2.75) is 44.4 Å². The van der Waals surface area contributed by atoms with E-state index in [0.29, 0.717) is 17.7 Å². The molecule has 1 aromatic rings. The van der Waals surface area contributed by atoms with Crippen molar-refractivity contribution in [1.82, 2.24) is 20.5 Å². The predicted octanol–water partition coefficient (Wildman–Crippen LogP) is 1.85. The minimum absolute atomic E-state index is 0.116. The Morgan fingerprint density at radius 3 is 2.47 bits per heavy atom. The third-order valence-electron chi connectivity index (χ3n) is 4.62. The van der Waals surface area contributed by atoms with Crippen LogP contribution in [0.15, 0.2) is 0 Å². The lowest BCUT2D eigenvalue weighted by molar-refractivity contribution is 0.0933. The SMILES string of the molecule is O=C(NCC(C1CC1)C1CC1)c1n[nH]c(C2CC2)n1. The first-order valence-electron chi connectivity index (χ1n) is 7.52. The summed E-state index contributed by atoms with van der Waals surface area (Å²) < 4.78 is 0. The topological polar surface area (TPSA) is 70.7 Å². The first kappa shape index (κ1) is 11.4. The van der Waals surface area contributed by atoms with Crippen molar-refractivity contribution < 1.29 is 4.79 Å². The zero-order valence-electron chi connectivity index (χ0n) is 11.1. The van der Waals surface area contributed by atoms with Crippen LogP contribution in [0, 0.1) is 17.8 Å². The van der Waals surface area contributed by atoms with Crippen LogP contribution in [0.5, 0.6) is 0 Å². The highest BCUT2D eigenvalue weighted by molar-refractivity contribution is 5.90. The van der Waals surface area contributed by atoms with Crippen LogP contribution in [0.2, 0.25) is 0 Å². The number of aromatic nitrogens is 3. The predicted molar refractivity (Wildman–Crippen MR) is 69.6 cm³/mol. The van der Waals surface area contributed by atoms with E-state index >= 15 is 0 Å². The maximum Gasteiger partial charge on any atom is 0.290 e. The fraction of sp³-hybridized carbons (Fsp3) is 0.786. The summed E-state index contributed by atoms with van der Waals surface area (Å²) in [5.74, 6) is 4.02. The van der Waals surface area contributed by atoms with Crippen molar-refractivity contribution in [3.63, 3.8) is 0 Å². The van der Waals surface area contributed by atoms with Crippen molar-refractivity contribution in [3.05, 3.63) is 11.6 Å². The second-order valence-electron chi connectivity index (χ2n) is 6.37. The first-order chi connectivity index (χ1) is 9.31. The van der Waals surface area contributed by atoms with Crippen molar-refractivity contribution in [2.24, 2.45) is 17.8 Å². The zero-order valence-corrected chi connectivity index (χ0v) is 11.1. The van der Waals surface area contributed by atoms with E-state index in [1.807, 2.05) is 0 Å². The van der Waals surface area contributed by atoms with Gasteiger partial charge in [0.15, 0.2) is 0 Å². The number of amides is 1. The number of aromatic amines is 1. The van der Waals surface area contributed by atoms with Crippen LogP contribution in [0.3, 0.4) is 0 Å². The summed E-state index contributed by atoms with van der Waals surface area (Å²) in [6.07, 6.45) is 7.74. The van der Waals surface area contributed by atoms with E-state index in [-0.39, 0.29) is 5.91 Å². The minimum atomic E-state index is -0.116. The Morgan fingerprint density at radius 2 is 1.89 bits per heavy atom. The highest BCUT2D eigenvalue weighted by Crippen LogP contribution is 2.48. The molecular weight excluding hydrogens is 240 g/mol. The maximum absolute atomic E-state index is 12.0. The van der Waals surface area contributed by atoms with Crippen LogP contribution in [0.4, 0.5) is 0 Å². The maximum atomic E-state index is 12.0. The third kappa shape index (κ3) is 2.51. The molecule has 3 aliphatic carbocycles.